The number of nitrogens with one attached hydrogen (secondary N) is 1. The van der Waals surface area contributed by atoms with E-state index in [-0.39, 0.29) is 18.5 Å². The zero-order valence-electron chi connectivity index (χ0n) is 52.9. The first-order chi connectivity index (χ1) is 38.5. The number of hydrogen-bond donors (Lipinski definition) is 3. The standard InChI is InChI=1S/C72H139NO5/c1-3-5-7-9-11-13-15-17-18-19-20-21-26-29-32-35-38-41-44-48-52-56-60-64-70(75)69(68-74)73-71(76)65-61-57-53-49-45-42-39-36-33-30-27-24-22-23-25-28-31-34-37-40-43-47-51-55-59-63-67-78-72(77)66-62-58-54-50-46-16-14-12-10-8-6-4-2/h12,14,60,64,69-70,74-75H,3-11,13,15-59,61-63,65-68H2,1-2H3,(H,73,76)/b14-12-,64-60+. The zero-order valence-corrected chi connectivity index (χ0v) is 52.9. The van der Waals surface area contributed by atoms with Gasteiger partial charge in [0.15, 0.2) is 0 Å². The van der Waals surface area contributed by atoms with Crippen molar-refractivity contribution in [2.75, 3.05) is 13.2 Å². The molecule has 0 saturated heterocycles. The lowest BCUT2D eigenvalue weighted by atomic mass is 10.0. The lowest BCUT2D eigenvalue weighted by Gasteiger charge is -2.20. The van der Waals surface area contributed by atoms with Crippen LogP contribution in [0.15, 0.2) is 24.3 Å². The number of hydrogen-bond acceptors (Lipinski definition) is 5. The molecule has 0 fully saturated rings. The summed E-state index contributed by atoms with van der Waals surface area (Å²) < 4.78 is 5.47. The maximum atomic E-state index is 12.5. The van der Waals surface area contributed by atoms with E-state index in [1.54, 1.807) is 6.08 Å². The highest BCUT2D eigenvalue weighted by atomic mass is 16.5. The molecule has 0 radical (unpaired) electrons. The lowest BCUT2D eigenvalue weighted by molar-refractivity contribution is -0.143. The molecule has 2 unspecified atom stereocenters. The van der Waals surface area contributed by atoms with Gasteiger partial charge in [-0.25, -0.2) is 0 Å². The van der Waals surface area contributed by atoms with Crippen LogP contribution in [-0.2, 0) is 14.3 Å². The van der Waals surface area contributed by atoms with Crippen molar-refractivity contribution in [3.05, 3.63) is 24.3 Å². The van der Waals surface area contributed by atoms with Gasteiger partial charge in [-0.05, 0) is 57.8 Å². The first-order valence-corrected chi connectivity index (χ1v) is 35.6. The highest BCUT2D eigenvalue weighted by Crippen LogP contribution is 2.19. The molecular formula is C72H139NO5. The van der Waals surface area contributed by atoms with Gasteiger partial charge in [-0.15, -0.1) is 0 Å². The van der Waals surface area contributed by atoms with E-state index in [9.17, 15) is 19.8 Å². The molecule has 0 aromatic rings. The quantitative estimate of drug-likeness (QED) is 0.0320. The van der Waals surface area contributed by atoms with Crippen molar-refractivity contribution in [3.63, 3.8) is 0 Å². The summed E-state index contributed by atoms with van der Waals surface area (Å²) in [5.74, 6) is -0.0539. The Morgan fingerprint density at radius 1 is 0.346 bits per heavy atom. The van der Waals surface area contributed by atoms with Crippen molar-refractivity contribution in [1.82, 2.24) is 5.32 Å². The number of allylic oxidation sites excluding steroid dienone is 3. The van der Waals surface area contributed by atoms with Crippen LogP contribution in [0.4, 0.5) is 0 Å². The number of carbonyl (C=O) groups excluding carboxylic acids is 2. The summed E-state index contributed by atoms with van der Waals surface area (Å²) in [7, 11) is 0. The van der Waals surface area contributed by atoms with Gasteiger partial charge in [0.2, 0.25) is 5.91 Å². The summed E-state index contributed by atoms with van der Waals surface area (Å²) in [6.45, 7) is 4.92. The molecule has 0 heterocycles. The van der Waals surface area contributed by atoms with E-state index in [1.807, 2.05) is 6.08 Å². The van der Waals surface area contributed by atoms with Crippen molar-refractivity contribution in [2.45, 2.75) is 411 Å². The maximum absolute atomic E-state index is 12.5. The van der Waals surface area contributed by atoms with Crippen LogP contribution < -0.4 is 5.32 Å². The molecule has 0 aromatic carbocycles. The summed E-state index contributed by atoms with van der Waals surface area (Å²) in [5.41, 5.74) is 0. The van der Waals surface area contributed by atoms with Gasteiger partial charge in [-0.2, -0.15) is 0 Å². The molecule has 462 valence electrons. The minimum absolute atomic E-state index is 0.00744. The van der Waals surface area contributed by atoms with Gasteiger partial charge < -0.3 is 20.3 Å². The van der Waals surface area contributed by atoms with Crippen LogP contribution in [0.1, 0.15) is 399 Å². The van der Waals surface area contributed by atoms with Gasteiger partial charge in [0.25, 0.3) is 0 Å². The summed E-state index contributed by atoms with van der Waals surface area (Å²) in [6.07, 6.45) is 85.5. The van der Waals surface area contributed by atoms with E-state index in [4.69, 9.17) is 4.74 Å². The first-order valence-electron chi connectivity index (χ1n) is 35.6. The molecule has 0 saturated carbocycles. The molecule has 0 aliphatic heterocycles. The Kier molecular flexibility index (Phi) is 66.4. The topological polar surface area (TPSA) is 95.9 Å². The summed E-state index contributed by atoms with van der Waals surface area (Å²) in [6, 6.07) is -0.627. The SMILES string of the molecule is CCCCC/C=C\CCCCCCCC(=O)OCCCCCCCCCCCCCCCCCCCCCCCCCCCCC(=O)NC(CO)C(O)/C=C/CCCCCCCCCCCCCCCCCCCCCCC. The maximum Gasteiger partial charge on any atom is 0.305 e. The van der Waals surface area contributed by atoms with Gasteiger partial charge in [0.05, 0.1) is 25.4 Å². The number of carbonyl (C=O) groups is 2. The van der Waals surface area contributed by atoms with Gasteiger partial charge in [0.1, 0.15) is 0 Å². The highest BCUT2D eigenvalue weighted by molar-refractivity contribution is 5.76. The summed E-state index contributed by atoms with van der Waals surface area (Å²) >= 11 is 0. The Balaban J connectivity index is 3.39. The van der Waals surface area contributed by atoms with Crippen LogP contribution in [0.25, 0.3) is 0 Å². The molecule has 0 spiro atoms. The van der Waals surface area contributed by atoms with Gasteiger partial charge in [-0.3, -0.25) is 9.59 Å². The fraction of sp³-hybridized carbons (Fsp3) is 0.917. The molecular weight excluding hydrogens is 959 g/mol. The Morgan fingerprint density at radius 3 is 0.936 bits per heavy atom. The normalized spacial score (nSPS) is 12.6. The third kappa shape index (κ3) is 63.5. The zero-order chi connectivity index (χ0) is 56.4. The number of esters is 1. The average Bonchev–Trinajstić information content (AvgIpc) is 3.44. The number of ether oxygens (including phenoxy) is 1. The molecule has 6 nitrogen and oxygen atoms in total. The Labute approximate surface area is 488 Å². The minimum atomic E-state index is -0.844. The Hall–Kier alpha value is -1.66. The first kappa shape index (κ1) is 76.3. The fourth-order valence-electron chi connectivity index (χ4n) is 11.3. The third-order valence-electron chi connectivity index (χ3n) is 16.7. The second kappa shape index (κ2) is 67.8. The van der Waals surface area contributed by atoms with Crippen molar-refractivity contribution in [2.24, 2.45) is 0 Å². The number of aliphatic hydroxyl groups excluding tert-OH is 2. The lowest BCUT2D eigenvalue weighted by Crippen LogP contribution is -2.45. The van der Waals surface area contributed by atoms with E-state index in [1.165, 1.54) is 327 Å². The molecule has 0 rings (SSSR count). The number of unbranched alkanes of at least 4 members (excludes halogenated alkanes) is 54. The largest absolute Gasteiger partial charge is 0.466 e. The van der Waals surface area contributed by atoms with Crippen LogP contribution in [-0.4, -0.2) is 47.4 Å². The van der Waals surface area contributed by atoms with Crippen molar-refractivity contribution in [3.8, 4) is 0 Å². The molecule has 2 atom stereocenters. The second-order valence-electron chi connectivity index (χ2n) is 24.6. The molecule has 6 heteroatoms. The second-order valence-corrected chi connectivity index (χ2v) is 24.6. The van der Waals surface area contributed by atoms with Gasteiger partial charge in [0, 0.05) is 12.8 Å². The van der Waals surface area contributed by atoms with Crippen molar-refractivity contribution in [1.29, 1.82) is 0 Å². The van der Waals surface area contributed by atoms with E-state index >= 15 is 0 Å². The predicted molar refractivity (Wildman–Crippen MR) is 343 cm³/mol. The Morgan fingerprint density at radius 2 is 0.603 bits per heavy atom. The monoisotopic (exact) mass is 1100 g/mol. The van der Waals surface area contributed by atoms with Crippen molar-refractivity contribution < 1.29 is 24.5 Å². The number of amides is 1. The predicted octanol–water partition coefficient (Wildman–Crippen LogP) is 22.9. The molecule has 1 amide bonds. The van der Waals surface area contributed by atoms with Crippen LogP contribution in [0.3, 0.4) is 0 Å². The van der Waals surface area contributed by atoms with E-state index in [0.29, 0.717) is 19.4 Å². The Bertz CT molecular complexity index is 1220. The van der Waals surface area contributed by atoms with E-state index in [0.717, 1.165) is 44.9 Å². The van der Waals surface area contributed by atoms with E-state index < -0.39 is 12.1 Å². The number of aliphatic hydroxyl groups is 2. The van der Waals surface area contributed by atoms with Crippen LogP contribution in [0, 0.1) is 0 Å². The molecule has 0 aliphatic rings. The summed E-state index contributed by atoms with van der Waals surface area (Å²) in [5, 5.41) is 23.3. The molecule has 0 aliphatic carbocycles. The fourth-order valence-corrected chi connectivity index (χ4v) is 11.3. The minimum Gasteiger partial charge on any atom is -0.466 e. The molecule has 3 N–H and O–H groups in total. The molecule has 0 aromatic heterocycles. The van der Waals surface area contributed by atoms with Crippen LogP contribution in [0.5, 0.6) is 0 Å². The summed E-state index contributed by atoms with van der Waals surface area (Å²) in [4.78, 5) is 24.6. The third-order valence-corrected chi connectivity index (χ3v) is 16.7. The molecule has 78 heavy (non-hydrogen) atoms. The van der Waals surface area contributed by atoms with Gasteiger partial charge >= 0.3 is 5.97 Å². The molecule has 0 bridgehead atoms. The smallest absolute Gasteiger partial charge is 0.305 e. The average molecular weight is 1100 g/mol. The van der Waals surface area contributed by atoms with E-state index in [2.05, 4.69) is 31.3 Å². The van der Waals surface area contributed by atoms with Crippen LogP contribution in [0.2, 0.25) is 0 Å². The highest BCUT2D eigenvalue weighted by Gasteiger charge is 2.18. The van der Waals surface area contributed by atoms with Crippen LogP contribution >= 0.6 is 0 Å². The number of rotatable bonds is 67. The van der Waals surface area contributed by atoms with Gasteiger partial charge in [-0.1, -0.05) is 353 Å². The van der Waals surface area contributed by atoms with Crippen molar-refractivity contribution >= 4 is 11.9 Å².